The van der Waals surface area contributed by atoms with E-state index < -0.39 is 6.04 Å². The number of ether oxygens (including phenoxy) is 2. The van der Waals surface area contributed by atoms with Gasteiger partial charge in [0, 0.05) is 55.5 Å². The van der Waals surface area contributed by atoms with Gasteiger partial charge >= 0.3 is 6.03 Å². The number of amides is 3. The van der Waals surface area contributed by atoms with Crippen molar-refractivity contribution in [1.29, 1.82) is 0 Å². The monoisotopic (exact) mass is 601 g/mol. The van der Waals surface area contributed by atoms with E-state index >= 15 is 0 Å². The first-order valence-corrected chi connectivity index (χ1v) is 14.9. The normalized spacial score (nSPS) is 15.2. The number of fused-ring (bicyclic) bond motifs is 1. The number of methoxy groups -OCH3 is 1. The van der Waals surface area contributed by atoms with Gasteiger partial charge < -0.3 is 34.9 Å². The summed E-state index contributed by atoms with van der Waals surface area (Å²) in [6.45, 7) is 3.57. The fourth-order valence-electron chi connectivity index (χ4n) is 5.70. The maximum atomic E-state index is 14.0. The Bertz CT molecular complexity index is 1580. The second kappa shape index (κ2) is 13.8. The summed E-state index contributed by atoms with van der Waals surface area (Å²) in [5.41, 5.74) is 3.45. The fraction of sp³-hybridized carbons (Fsp3) is 0.353. The number of H-pyrrole nitrogens is 1. The minimum atomic E-state index is -0.878. The Morgan fingerprint density at radius 3 is 2.50 bits per heavy atom. The summed E-state index contributed by atoms with van der Waals surface area (Å²) in [4.78, 5) is 34.7. The molecule has 1 fully saturated rings. The number of likely N-dealkylation sites (tertiary alicyclic amines) is 1. The summed E-state index contributed by atoms with van der Waals surface area (Å²) in [5.74, 6) is 0.123. The van der Waals surface area contributed by atoms with Crippen molar-refractivity contribution in [2.75, 3.05) is 39.6 Å². The van der Waals surface area contributed by atoms with E-state index in [1.165, 1.54) is 12.1 Å². The third-order valence-electron chi connectivity index (χ3n) is 8.04. The Morgan fingerprint density at radius 1 is 1.07 bits per heavy atom. The smallest absolute Gasteiger partial charge is 0.318 e. The Kier molecular flexibility index (Phi) is 9.69. The number of aromatic amines is 1. The van der Waals surface area contributed by atoms with Gasteiger partial charge in [-0.15, -0.1) is 0 Å². The van der Waals surface area contributed by atoms with E-state index in [0.717, 1.165) is 22.0 Å². The molecular weight excluding hydrogens is 561 g/mol. The predicted octanol–water partition coefficient (Wildman–Crippen LogP) is 5.74. The van der Waals surface area contributed by atoms with Crippen molar-refractivity contribution >= 4 is 28.5 Å². The molecule has 44 heavy (non-hydrogen) atoms. The Morgan fingerprint density at radius 2 is 1.80 bits per heavy atom. The molecule has 9 nitrogen and oxygen atoms in total. The standard InChI is InChI=1S/C34H40FN5O4/c1-22(28-20-36-29-8-6-5-7-27(28)29)32(33(41)37-30-19-23(21-39(2)3)9-14-31(30)43-4)38-34(42)40-17-15-26(16-18-40)44-25-12-10-24(35)11-13-25/h5-14,19-20,22,26,32,36H,15-18,21H2,1-4H3,(H,37,41)(H,38,42)/t22-,32-/m1/s1. The maximum absolute atomic E-state index is 14.0. The molecule has 3 N–H and O–H groups in total. The van der Waals surface area contributed by atoms with Crippen molar-refractivity contribution in [3.63, 3.8) is 0 Å². The molecule has 1 aromatic heterocycles. The molecule has 1 aliphatic heterocycles. The van der Waals surface area contributed by atoms with Crippen LogP contribution in [0.1, 0.15) is 36.8 Å². The molecule has 4 aromatic rings. The number of nitrogens with one attached hydrogen (secondary N) is 3. The molecule has 5 rings (SSSR count). The van der Waals surface area contributed by atoms with E-state index in [1.807, 2.05) is 74.6 Å². The minimum Gasteiger partial charge on any atom is -0.495 e. The van der Waals surface area contributed by atoms with Crippen LogP contribution in [-0.4, -0.2) is 73.2 Å². The van der Waals surface area contributed by atoms with E-state index in [2.05, 4.69) is 15.6 Å². The van der Waals surface area contributed by atoms with Crippen molar-refractivity contribution in [2.45, 2.75) is 44.4 Å². The highest BCUT2D eigenvalue weighted by atomic mass is 19.1. The number of nitrogens with zero attached hydrogens (tertiary/aromatic N) is 2. The van der Waals surface area contributed by atoms with Crippen LogP contribution in [-0.2, 0) is 11.3 Å². The van der Waals surface area contributed by atoms with E-state index in [9.17, 15) is 14.0 Å². The SMILES string of the molecule is COc1ccc(CN(C)C)cc1NC(=O)[C@H](NC(=O)N1CCC(Oc2ccc(F)cc2)CC1)[C@H](C)c1c[nH]c2ccccc12. The molecule has 2 atom stereocenters. The molecule has 0 aliphatic carbocycles. The summed E-state index contributed by atoms with van der Waals surface area (Å²) in [6, 6.07) is 18.4. The van der Waals surface area contributed by atoms with Crippen LogP contribution in [0.3, 0.4) is 0 Å². The summed E-state index contributed by atoms with van der Waals surface area (Å²) >= 11 is 0. The number of halogens is 1. The molecule has 0 spiro atoms. The summed E-state index contributed by atoms with van der Waals surface area (Å²) in [7, 11) is 5.52. The molecule has 0 unspecified atom stereocenters. The molecule has 1 aliphatic rings. The van der Waals surface area contributed by atoms with Crippen molar-refractivity contribution in [2.24, 2.45) is 0 Å². The molecule has 1 saturated heterocycles. The first kappa shape index (κ1) is 30.9. The molecule has 2 heterocycles. The molecule has 3 aromatic carbocycles. The number of hydrogen-bond donors (Lipinski definition) is 3. The first-order valence-electron chi connectivity index (χ1n) is 14.9. The van der Waals surface area contributed by atoms with E-state index in [4.69, 9.17) is 9.47 Å². The third kappa shape index (κ3) is 7.31. The van der Waals surface area contributed by atoms with E-state index in [1.54, 1.807) is 24.1 Å². The zero-order valence-corrected chi connectivity index (χ0v) is 25.6. The lowest BCUT2D eigenvalue weighted by atomic mass is 9.92. The highest BCUT2D eigenvalue weighted by molar-refractivity contribution is 5.99. The minimum absolute atomic E-state index is 0.0874. The summed E-state index contributed by atoms with van der Waals surface area (Å²) in [5, 5.41) is 7.08. The zero-order chi connectivity index (χ0) is 31.2. The molecule has 3 amide bonds. The highest BCUT2D eigenvalue weighted by Crippen LogP contribution is 2.31. The van der Waals surface area contributed by atoms with Gasteiger partial charge in [-0.25, -0.2) is 9.18 Å². The van der Waals surface area contributed by atoms with Crippen LogP contribution in [0.25, 0.3) is 10.9 Å². The number of carbonyl (C=O) groups is 2. The number of rotatable bonds is 10. The molecule has 10 heteroatoms. The molecule has 232 valence electrons. The van der Waals surface area contributed by atoms with Gasteiger partial charge in [0.05, 0.1) is 12.8 Å². The van der Waals surface area contributed by atoms with Crippen LogP contribution in [0.2, 0.25) is 0 Å². The fourth-order valence-corrected chi connectivity index (χ4v) is 5.70. The van der Waals surface area contributed by atoms with Crippen LogP contribution in [0, 0.1) is 5.82 Å². The molecular formula is C34H40FN5O4. The average Bonchev–Trinajstić information content (AvgIpc) is 3.45. The van der Waals surface area contributed by atoms with E-state index in [0.29, 0.717) is 49.7 Å². The van der Waals surface area contributed by atoms with Crippen LogP contribution in [0.4, 0.5) is 14.9 Å². The van der Waals surface area contributed by atoms with Crippen LogP contribution >= 0.6 is 0 Å². The van der Waals surface area contributed by atoms with Gasteiger partial charge in [-0.3, -0.25) is 4.79 Å². The second-order valence-corrected chi connectivity index (χ2v) is 11.5. The number of benzene rings is 3. The van der Waals surface area contributed by atoms with Gasteiger partial charge in [0.25, 0.3) is 0 Å². The third-order valence-corrected chi connectivity index (χ3v) is 8.04. The number of aromatic nitrogens is 1. The van der Waals surface area contributed by atoms with Crippen molar-refractivity contribution in [3.8, 4) is 11.5 Å². The highest BCUT2D eigenvalue weighted by Gasteiger charge is 2.33. The lowest BCUT2D eigenvalue weighted by molar-refractivity contribution is -0.118. The van der Waals surface area contributed by atoms with Crippen LogP contribution in [0.5, 0.6) is 11.5 Å². The quantitative estimate of drug-likeness (QED) is 0.215. The topological polar surface area (TPSA) is 98.9 Å². The zero-order valence-electron chi connectivity index (χ0n) is 25.6. The largest absolute Gasteiger partial charge is 0.495 e. The van der Waals surface area contributed by atoms with Gasteiger partial charge in [-0.05, 0) is 67.7 Å². The maximum Gasteiger partial charge on any atom is 0.318 e. The molecule has 0 bridgehead atoms. The van der Waals surface area contributed by atoms with Gasteiger partial charge in [-0.1, -0.05) is 31.2 Å². The van der Waals surface area contributed by atoms with Crippen LogP contribution in [0.15, 0.2) is 72.9 Å². The number of urea groups is 1. The van der Waals surface area contributed by atoms with Crippen molar-refractivity contribution < 1.29 is 23.5 Å². The van der Waals surface area contributed by atoms with E-state index in [-0.39, 0.29) is 29.8 Å². The lowest BCUT2D eigenvalue weighted by Gasteiger charge is -2.34. The predicted molar refractivity (Wildman–Crippen MR) is 170 cm³/mol. The van der Waals surface area contributed by atoms with Gasteiger partial charge in [0.1, 0.15) is 29.5 Å². The van der Waals surface area contributed by atoms with Gasteiger partial charge in [0.2, 0.25) is 5.91 Å². The molecule has 0 saturated carbocycles. The average molecular weight is 602 g/mol. The summed E-state index contributed by atoms with van der Waals surface area (Å²) in [6.07, 6.45) is 3.05. The van der Waals surface area contributed by atoms with Crippen molar-refractivity contribution in [3.05, 3.63) is 89.9 Å². The number of para-hydroxylation sites is 1. The lowest BCUT2D eigenvalue weighted by Crippen LogP contribution is -2.53. The number of carbonyl (C=O) groups excluding carboxylic acids is 2. The number of piperidine rings is 1. The van der Waals surface area contributed by atoms with Gasteiger partial charge in [0.15, 0.2) is 0 Å². The number of anilines is 1. The Hall–Kier alpha value is -4.57. The van der Waals surface area contributed by atoms with Crippen LogP contribution < -0.4 is 20.1 Å². The summed E-state index contributed by atoms with van der Waals surface area (Å²) < 4.78 is 24.8. The van der Waals surface area contributed by atoms with Crippen molar-refractivity contribution in [1.82, 2.24) is 20.1 Å². The van der Waals surface area contributed by atoms with Gasteiger partial charge in [-0.2, -0.15) is 0 Å². The Balaban J connectivity index is 1.33. The number of hydrogen-bond acceptors (Lipinski definition) is 5. The first-order chi connectivity index (χ1) is 21.2. The Labute approximate surface area is 257 Å². The second-order valence-electron chi connectivity index (χ2n) is 11.5. The molecule has 0 radical (unpaired) electrons.